The number of hydrogen-bond donors (Lipinski definition) is 3. The van der Waals surface area contributed by atoms with E-state index in [2.05, 4.69) is 22.8 Å². The first-order valence-electron chi connectivity index (χ1n) is 12.7. The Morgan fingerprint density at radius 3 is 2.03 bits per heavy atom. The highest BCUT2D eigenvalue weighted by molar-refractivity contribution is 5.89. The second kappa shape index (κ2) is 12.4. The largest absolute Gasteiger partial charge is 0.480 e. The third-order valence-electron chi connectivity index (χ3n) is 6.75. The van der Waals surface area contributed by atoms with Crippen molar-refractivity contribution in [3.05, 3.63) is 95.6 Å². The molecule has 0 bridgehead atoms. The van der Waals surface area contributed by atoms with Crippen molar-refractivity contribution >= 4 is 18.0 Å². The monoisotopic (exact) mass is 516 g/mol. The fourth-order valence-corrected chi connectivity index (χ4v) is 4.67. The average molecular weight is 517 g/mol. The molecule has 0 heterocycles. The zero-order valence-corrected chi connectivity index (χ0v) is 21.4. The molecule has 0 unspecified atom stereocenters. The van der Waals surface area contributed by atoms with Crippen LogP contribution in [-0.4, -0.2) is 47.9 Å². The molecule has 0 fully saturated rings. The zero-order chi connectivity index (χ0) is 27.1. The van der Waals surface area contributed by atoms with E-state index in [9.17, 15) is 19.5 Å². The highest BCUT2D eigenvalue weighted by atomic mass is 16.5. The highest BCUT2D eigenvalue weighted by Crippen LogP contribution is 2.44. The smallest absolute Gasteiger partial charge is 0.407 e. The molecule has 0 saturated heterocycles. The minimum absolute atomic E-state index is 0.110. The van der Waals surface area contributed by atoms with Gasteiger partial charge in [0, 0.05) is 5.92 Å². The summed E-state index contributed by atoms with van der Waals surface area (Å²) < 4.78 is 11.2. The van der Waals surface area contributed by atoms with Crippen LogP contribution < -0.4 is 10.6 Å². The minimum atomic E-state index is -1.29. The number of ether oxygens (including phenoxy) is 2. The molecule has 2 amide bonds. The first kappa shape index (κ1) is 26.9. The van der Waals surface area contributed by atoms with Gasteiger partial charge in [0.2, 0.25) is 5.91 Å². The number of carboxylic acid groups (broad SMARTS) is 1. The van der Waals surface area contributed by atoms with Crippen LogP contribution in [0.3, 0.4) is 0 Å². The van der Waals surface area contributed by atoms with E-state index in [1.807, 2.05) is 66.7 Å². The lowest BCUT2D eigenvalue weighted by atomic mass is 9.98. The maximum Gasteiger partial charge on any atom is 0.407 e. The van der Waals surface area contributed by atoms with Gasteiger partial charge in [0.25, 0.3) is 0 Å². The Kier molecular flexibility index (Phi) is 8.76. The second-order valence-electron chi connectivity index (χ2n) is 9.26. The average Bonchev–Trinajstić information content (AvgIpc) is 3.26. The summed E-state index contributed by atoms with van der Waals surface area (Å²) in [6.07, 6.45) is -1.29. The van der Waals surface area contributed by atoms with Gasteiger partial charge in [0.15, 0.2) is 6.04 Å². The van der Waals surface area contributed by atoms with Gasteiger partial charge in [-0.3, -0.25) is 4.79 Å². The number of alkyl carbamates (subject to hydrolysis) is 1. The van der Waals surface area contributed by atoms with E-state index in [1.165, 1.54) is 0 Å². The van der Waals surface area contributed by atoms with Crippen molar-refractivity contribution in [1.82, 2.24) is 10.6 Å². The summed E-state index contributed by atoms with van der Waals surface area (Å²) in [5, 5.41) is 14.8. The number of carboxylic acids is 1. The van der Waals surface area contributed by atoms with Gasteiger partial charge in [0.05, 0.1) is 12.7 Å². The number of carbonyl (C=O) groups excluding carboxylic acids is 2. The number of fused-ring (bicyclic) bond motifs is 3. The van der Waals surface area contributed by atoms with E-state index in [4.69, 9.17) is 9.47 Å². The SMILES string of the molecule is CC[C@H](NC(=O)OCC1c2ccccc2-c2ccccc21)C(=O)N[C@@H](C(=O)O)[C@H](C)OCc1ccccc1. The Bertz CT molecular complexity index is 1230. The molecule has 38 heavy (non-hydrogen) atoms. The number of amides is 2. The fraction of sp³-hybridized carbons (Fsp3) is 0.300. The quantitative estimate of drug-likeness (QED) is 0.346. The second-order valence-corrected chi connectivity index (χ2v) is 9.26. The molecular weight excluding hydrogens is 484 g/mol. The Hall–Kier alpha value is -4.17. The van der Waals surface area contributed by atoms with Crippen molar-refractivity contribution in [2.75, 3.05) is 6.61 Å². The number of nitrogens with one attached hydrogen (secondary N) is 2. The molecule has 3 atom stereocenters. The van der Waals surface area contributed by atoms with Gasteiger partial charge in [-0.25, -0.2) is 9.59 Å². The number of benzene rings is 3. The van der Waals surface area contributed by atoms with Crippen LogP contribution in [0.25, 0.3) is 11.1 Å². The molecule has 8 heteroatoms. The number of rotatable bonds is 11. The van der Waals surface area contributed by atoms with Crippen molar-refractivity contribution in [3.63, 3.8) is 0 Å². The van der Waals surface area contributed by atoms with Gasteiger partial charge in [-0.15, -0.1) is 0 Å². The lowest BCUT2D eigenvalue weighted by molar-refractivity contribution is -0.146. The predicted octanol–water partition coefficient (Wildman–Crippen LogP) is 4.48. The van der Waals surface area contributed by atoms with E-state index in [-0.39, 0.29) is 25.6 Å². The molecule has 0 aliphatic heterocycles. The topological polar surface area (TPSA) is 114 Å². The zero-order valence-electron chi connectivity index (χ0n) is 21.4. The summed E-state index contributed by atoms with van der Waals surface area (Å²) in [5.74, 6) is -1.96. The third-order valence-corrected chi connectivity index (χ3v) is 6.75. The summed E-state index contributed by atoms with van der Waals surface area (Å²) >= 11 is 0. The number of carbonyl (C=O) groups is 3. The molecule has 8 nitrogen and oxygen atoms in total. The Labute approximate surface area is 222 Å². The molecular formula is C30H32N2O6. The highest BCUT2D eigenvalue weighted by Gasteiger charge is 2.32. The van der Waals surface area contributed by atoms with Crippen molar-refractivity contribution < 1.29 is 29.0 Å². The molecule has 0 spiro atoms. The van der Waals surface area contributed by atoms with E-state index in [0.717, 1.165) is 27.8 Å². The molecule has 0 saturated carbocycles. The van der Waals surface area contributed by atoms with Crippen LogP contribution >= 0.6 is 0 Å². The van der Waals surface area contributed by atoms with Crippen LogP contribution in [0.1, 0.15) is 42.9 Å². The molecule has 1 aliphatic rings. The lowest BCUT2D eigenvalue weighted by Gasteiger charge is -2.25. The van der Waals surface area contributed by atoms with Gasteiger partial charge in [0.1, 0.15) is 12.6 Å². The van der Waals surface area contributed by atoms with Crippen LogP contribution in [0.5, 0.6) is 0 Å². The molecule has 0 radical (unpaired) electrons. The van der Waals surface area contributed by atoms with Crippen molar-refractivity contribution in [3.8, 4) is 11.1 Å². The maximum absolute atomic E-state index is 12.9. The Balaban J connectivity index is 1.33. The van der Waals surface area contributed by atoms with Gasteiger partial charge >= 0.3 is 12.1 Å². The maximum atomic E-state index is 12.9. The van der Waals surface area contributed by atoms with E-state index < -0.39 is 36.2 Å². The summed E-state index contributed by atoms with van der Waals surface area (Å²) in [4.78, 5) is 37.4. The van der Waals surface area contributed by atoms with Gasteiger partial charge in [-0.2, -0.15) is 0 Å². The van der Waals surface area contributed by atoms with Gasteiger partial charge in [-0.05, 0) is 41.2 Å². The van der Waals surface area contributed by atoms with E-state index in [1.54, 1.807) is 13.8 Å². The first-order chi connectivity index (χ1) is 18.4. The molecule has 3 N–H and O–H groups in total. The molecule has 4 rings (SSSR count). The summed E-state index contributed by atoms with van der Waals surface area (Å²) in [5.41, 5.74) is 5.29. The van der Waals surface area contributed by atoms with Crippen LogP contribution in [0.2, 0.25) is 0 Å². The van der Waals surface area contributed by atoms with Crippen molar-refractivity contribution in [2.24, 2.45) is 0 Å². The van der Waals surface area contributed by atoms with Crippen LogP contribution in [-0.2, 0) is 25.7 Å². The van der Waals surface area contributed by atoms with Gasteiger partial charge in [-0.1, -0.05) is 85.8 Å². The normalized spacial score (nSPS) is 14.5. The molecule has 1 aliphatic carbocycles. The van der Waals surface area contributed by atoms with Gasteiger partial charge < -0.3 is 25.2 Å². The van der Waals surface area contributed by atoms with Crippen LogP contribution in [0.15, 0.2) is 78.9 Å². The van der Waals surface area contributed by atoms with E-state index in [0.29, 0.717) is 0 Å². The fourth-order valence-electron chi connectivity index (χ4n) is 4.67. The molecule has 0 aromatic heterocycles. The standard InChI is InChI=1S/C30H32N2O6/c1-3-26(28(33)32-27(29(34)35)19(2)37-17-20-11-5-4-6-12-20)31-30(36)38-18-25-23-15-9-7-13-21(23)22-14-8-10-16-24(22)25/h4-16,19,25-27H,3,17-18H2,1-2H3,(H,31,36)(H,32,33)(H,34,35)/t19-,26-,27+/m0/s1. The molecule has 3 aromatic rings. The minimum Gasteiger partial charge on any atom is -0.480 e. The Morgan fingerprint density at radius 2 is 1.45 bits per heavy atom. The first-order valence-corrected chi connectivity index (χ1v) is 12.7. The molecule has 198 valence electrons. The Morgan fingerprint density at radius 1 is 0.868 bits per heavy atom. The third kappa shape index (κ3) is 6.20. The summed E-state index contributed by atoms with van der Waals surface area (Å²) in [6, 6.07) is 23.1. The number of hydrogen-bond acceptors (Lipinski definition) is 5. The van der Waals surface area contributed by atoms with Crippen LogP contribution in [0.4, 0.5) is 4.79 Å². The number of aliphatic carboxylic acids is 1. The summed E-state index contributed by atoms with van der Waals surface area (Å²) in [7, 11) is 0. The molecule has 3 aromatic carbocycles. The van der Waals surface area contributed by atoms with Crippen molar-refractivity contribution in [2.45, 2.75) is 51.0 Å². The summed E-state index contributed by atoms with van der Waals surface area (Å²) in [6.45, 7) is 3.62. The predicted molar refractivity (Wildman–Crippen MR) is 143 cm³/mol. The van der Waals surface area contributed by atoms with Crippen molar-refractivity contribution in [1.29, 1.82) is 0 Å². The van der Waals surface area contributed by atoms with E-state index >= 15 is 0 Å². The van der Waals surface area contributed by atoms with Crippen LogP contribution in [0, 0.1) is 0 Å². The lowest BCUT2D eigenvalue weighted by Crippen LogP contribution is -2.55.